The number of amides is 1. The second-order valence-electron chi connectivity index (χ2n) is 7.51. The maximum Gasteiger partial charge on any atom is 0.230 e. The van der Waals surface area contributed by atoms with E-state index in [1.165, 1.54) is 19.3 Å². The molecule has 1 aromatic rings. The highest BCUT2D eigenvalue weighted by molar-refractivity contribution is 5.97. The minimum atomic E-state index is 0.136. The van der Waals surface area contributed by atoms with Crippen molar-refractivity contribution in [1.29, 1.82) is 0 Å². The third kappa shape index (κ3) is 2.63. The smallest absolute Gasteiger partial charge is 0.230 e. The third-order valence-electron chi connectivity index (χ3n) is 6.01. The molecule has 1 aromatic carbocycles. The predicted octanol–water partition coefficient (Wildman–Crippen LogP) is 2.87. The second kappa shape index (κ2) is 5.82. The molecule has 0 aromatic heterocycles. The van der Waals surface area contributed by atoms with Gasteiger partial charge >= 0.3 is 0 Å². The largest absolute Gasteiger partial charge is 0.490 e. The number of carbonyl (C=O) groups is 1. The molecule has 124 valence electrons. The number of ether oxygens (including phenoxy) is 1. The van der Waals surface area contributed by atoms with Crippen LogP contribution in [0.15, 0.2) is 18.2 Å². The Morgan fingerprint density at radius 1 is 1.26 bits per heavy atom. The lowest BCUT2D eigenvalue weighted by Crippen LogP contribution is -2.50. The van der Waals surface area contributed by atoms with E-state index in [1.807, 2.05) is 24.0 Å². The maximum absolute atomic E-state index is 13.2. The first-order chi connectivity index (χ1) is 11.1. The average Bonchev–Trinajstić information content (AvgIpc) is 2.53. The number of nitrogens with zero attached hydrogens (tertiary/aromatic N) is 1. The first-order valence-electron chi connectivity index (χ1n) is 8.94. The summed E-state index contributed by atoms with van der Waals surface area (Å²) in [6.07, 6.45) is 5.61. The molecule has 4 rings (SSSR count). The van der Waals surface area contributed by atoms with Crippen LogP contribution in [-0.4, -0.2) is 25.1 Å². The zero-order chi connectivity index (χ0) is 16.0. The quantitative estimate of drug-likeness (QED) is 0.867. The Kier molecular flexibility index (Phi) is 3.80. The Morgan fingerprint density at radius 2 is 2.00 bits per heavy atom. The number of fused-ring (bicyclic) bond motifs is 3. The third-order valence-corrected chi connectivity index (χ3v) is 6.01. The van der Waals surface area contributed by atoms with Crippen molar-refractivity contribution in [2.24, 2.45) is 23.5 Å². The lowest BCUT2D eigenvalue weighted by Gasteiger charge is -2.45. The van der Waals surface area contributed by atoms with Gasteiger partial charge in [-0.1, -0.05) is 12.5 Å². The van der Waals surface area contributed by atoms with Crippen molar-refractivity contribution in [2.75, 3.05) is 18.1 Å². The first kappa shape index (κ1) is 15.0. The molecule has 4 heteroatoms. The molecule has 2 fully saturated rings. The van der Waals surface area contributed by atoms with Crippen molar-refractivity contribution < 1.29 is 9.53 Å². The number of nitrogens with two attached hydrogens (primary N) is 1. The van der Waals surface area contributed by atoms with Crippen molar-refractivity contribution in [3.63, 3.8) is 0 Å². The lowest BCUT2D eigenvalue weighted by atomic mass is 9.65. The fourth-order valence-electron chi connectivity index (χ4n) is 4.77. The molecule has 2 N–H and O–H groups in total. The van der Waals surface area contributed by atoms with Crippen LogP contribution in [0.5, 0.6) is 5.75 Å². The molecule has 4 nitrogen and oxygen atoms in total. The molecule has 0 spiro atoms. The number of anilines is 1. The number of benzene rings is 1. The number of hydrogen-bond donors (Lipinski definition) is 1. The van der Waals surface area contributed by atoms with E-state index in [4.69, 9.17) is 10.5 Å². The Labute approximate surface area is 138 Å². The molecule has 2 saturated carbocycles. The van der Waals surface area contributed by atoms with Gasteiger partial charge in [0.05, 0.1) is 12.2 Å². The van der Waals surface area contributed by atoms with Crippen LogP contribution < -0.4 is 15.4 Å². The summed E-state index contributed by atoms with van der Waals surface area (Å²) < 4.78 is 5.75. The summed E-state index contributed by atoms with van der Waals surface area (Å²) in [5, 5.41) is 0. The Hall–Kier alpha value is -1.55. The van der Waals surface area contributed by atoms with Crippen molar-refractivity contribution in [2.45, 2.75) is 45.1 Å². The molecular weight excluding hydrogens is 288 g/mol. The number of carbonyl (C=O) groups excluding carboxylic acids is 1. The van der Waals surface area contributed by atoms with E-state index in [0.717, 1.165) is 29.8 Å². The lowest BCUT2D eigenvalue weighted by molar-refractivity contribution is -0.125. The Morgan fingerprint density at radius 3 is 2.74 bits per heavy atom. The van der Waals surface area contributed by atoms with E-state index in [1.54, 1.807) is 0 Å². The van der Waals surface area contributed by atoms with Crippen LogP contribution in [0.2, 0.25) is 0 Å². The average molecular weight is 314 g/mol. The van der Waals surface area contributed by atoms with Crippen molar-refractivity contribution >= 4 is 11.6 Å². The van der Waals surface area contributed by atoms with Crippen molar-refractivity contribution in [3.8, 4) is 5.75 Å². The van der Waals surface area contributed by atoms with Gasteiger partial charge < -0.3 is 15.4 Å². The highest BCUT2D eigenvalue weighted by Crippen LogP contribution is 2.43. The molecule has 1 amide bonds. The highest BCUT2D eigenvalue weighted by Gasteiger charge is 2.42. The first-order valence-corrected chi connectivity index (χ1v) is 8.94. The van der Waals surface area contributed by atoms with Gasteiger partial charge in [-0.15, -0.1) is 0 Å². The Balaban J connectivity index is 1.56. The molecule has 0 saturated heterocycles. The van der Waals surface area contributed by atoms with Gasteiger partial charge in [-0.25, -0.2) is 0 Å². The minimum absolute atomic E-state index is 0.136. The zero-order valence-electron chi connectivity index (χ0n) is 13.8. The maximum atomic E-state index is 13.2. The second-order valence-corrected chi connectivity index (χ2v) is 7.51. The standard InChI is InChI=1S/C19H26N2O2/c1-12-5-6-16-17(9-12)23-8-7-21(16)19(22)15-10-13-3-2-4-14(11-15)18(13)20/h5-6,9,13-15,18H,2-4,7-8,10-11,20H2,1H3. The van der Waals surface area contributed by atoms with Crippen LogP contribution in [-0.2, 0) is 4.79 Å². The summed E-state index contributed by atoms with van der Waals surface area (Å²) in [5.41, 5.74) is 8.47. The summed E-state index contributed by atoms with van der Waals surface area (Å²) in [7, 11) is 0. The summed E-state index contributed by atoms with van der Waals surface area (Å²) in [6, 6.07) is 6.42. The van der Waals surface area contributed by atoms with E-state index in [2.05, 4.69) is 6.07 Å². The van der Waals surface area contributed by atoms with Crippen LogP contribution in [0, 0.1) is 24.7 Å². The molecular formula is C19H26N2O2. The van der Waals surface area contributed by atoms with E-state index in [-0.39, 0.29) is 11.8 Å². The normalized spacial score (nSPS) is 32.9. The van der Waals surface area contributed by atoms with Gasteiger partial charge in [-0.3, -0.25) is 4.79 Å². The minimum Gasteiger partial charge on any atom is -0.490 e. The van der Waals surface area contributed by atoms with Crippen molar-refractivity contribution in [3.05, 3.63) is 23.8 Å². The summed E-state index contributed by atoms with van der Waals surface area (Å²) in [5.74, 6) is 2.34. The van der Waals surface area contributed by atoms with Crippen LogP contribution in [0.3, 0.4) is 0 Å². The van der Waals surface area contributed by atoms with Gasteiger partial charge in [0, 0.05) is 12.0 Å². The molecule has 0 radical (unpaired) electrons. The number of rotatable bonds is 1. The van der Waals surface area contributed by atoms with E-state index in [9.17, 15) is 4.79 Å². The van der Waals surface area contributed by atoms with Gasteiger partial charge in [-0.05, 0) is 62.1 Å². The number of aryl methyl sites for hydroxylation is 1. The van der Waals surface area contributed by atoms with E-state index >= 15 is 0 Å². The summed E-state index contributed by atoms with van der Waals surface area (Å²) in [6.45, 7) is 3.29. The highest BCUT2D eigenvalue weighted by atomic mass is 16.5. The van der Waals surface area contributed by atoms with E-state index < -0.39 is 0 Å². The van der Waals surface area contributed by atoms with E-state index in [0.29, 0.717) is 31.0 Å². The fourth-order valence-corrected chi connectivity index (χ4v) is 4.77. The van der Waals surface area contributed by atoms with Gasteiger partial charge in [0.2, 0.25) is 5.91 Å². The van der Waals surface area contributed by atoms with Gasteiger partial charge in [-0.2, -0.15) is 0 Å². The molecule has 1 heterocycles. The molecule has 2 bridgehead atoms. The fraction of sp³-hybridized carbons (Fsp3) is 0.632. The van der Waals surface area contributed by atoms with Crippen LogP contribution in [0.25, 0.3) is 0 Å². The molecule has 2 atom stereocenters. The topological polar surface area (TPSA) is 55.6 Å². The van der Waals surface area contributed by atoms with Crippen LogP contribution in [0.1, 0.15) is 37.7 Å². The summed E-state index contributed by atoms with van der Waals surface area (Å²) in [4.78, 5) is 15.1. The number of hydrogen-bond acceptors (Lipinski definition) is 3. The van der Waals surface area contributed by atoms with Gasteiger partial charge in [0.15, 0.2) is 0 Å². The van der Waals surface area contributed by atoms with Crippen LogP contribution in [0.4, 0.5) is 5.69 Å². The predicted molar refractivity (Wildman–Crippen MR) is 90.6 cm³/mol. The molecule has 3 aliphatic rings. The SMILES string of the molecule is Cc1ccc2c(c1)OCCN2C(=O)C1CC2CCCC(C1)C2N. The molecule has 2 aliphatic carbocycles. The molecule has 23 heavy (non-hydrogen) atoms. The Bertz CT molecular complexity index is 601. The summed E-state index contributed by atoms with van der Waals surface area (Å²) >= 11 is 0. The monoisotopic (exact) mass is 314 g/mol. The van der Waals surface area contributed by atoms with Gasteiger partial charge in [0.25, 0.3) is 0 Å². The molecule has 2 unspecified atom stereocenters. The molecule has 1 aliphatic heterocycles. The zero-order valence-corrected chi connectivity index (χ0v) is 13.8. The van der Waals surface area contributed by atoms with Crippen molar-refractivity contribution in [1.82, 2.24) is 0 Å². The van der Waals surface area contributed by atoms with Gasteiger partial charge in [0.1, 0.15) is 12.4 Å². The van der Waals surface area contributed by atoms with Crippen LogP contribution >= 0.6 is 0 Å².